The Balaban J connectivity index is 2.16. The molecule has 0 spiro atoms. The summed E-state index contributed by atoms with van der Waals surface area (Å²) in [6.45, 7) is 5.66. The Bertz CT molecular complexity index is 330. The smallest absolute Gasteiger partial charge is 0.0373 e. The molecule has 82 valence electrons. The van der Waals surface area contributed by atoms with Crippen molar-refractivity contribution in [3.05, 3.63) is 29.3 Å². The summed E-state index contributed by atoms with van der Waals surface area (Å²) in [5.41, 5.74) is 4.35. The molecule has 1 nitrogen and oxygen atoms in total. The molecule has 0 aromatic heterocycles. The fourth-order valence-corrected chi connectivity index (χ4v) is 2.46. The third-order valence-corrected chi connectivity index (χ3v) is 3.36. The lowest BCUT2D eigenvalue weighted by Gasteiger charge is -2.26. The topological polar surface area (TPSA) is 12.0 Å². The van der Waals surface area contributed by atoms with E-state index in [-0.39, 0.29) is 0 Å². The highest BCUT2D eigenvalue weighted by Crippen LogP contribution is 2.27. The van der Waals surface area contributed by atoms with Crippen LogP contribution in [0.25, 0.3) is 0 Å². The first-order chi connectivity index (χ1) is 7.33. The van der Waals surface area contributed by atoms with Gasteiger partial charge >= 0.3 is 0 Å². The number of fused-ring (bicyclic) bond motifs is 1. The van der Waals surface area contributed by atoms with Gasteiger partial charge in [0.15, 0.2) is 0 Å². The van der Waals surface area contributed by atoms with E-state index in [0.717, 1.165) is 18.9 Å². The lowest BCUT2D eigenvalue weighted by molar-refractivity contribution is 0.489. The molecule has 0 aliphatic carbocycles. The highest BCUT2D eigenvalue weighted by Gasteiger charge is 2.17. The van der Waals surface area contributed by atoms with Gasteiger partial charge in [0.1, 0.15) is 0 Å². The van der Waals surface area contributed by atoms with Crippen molar-refractivity contribution >= 4 is 5.69 Å². The summed E-state index contributed by atoms with van der Waals surface area (Å²) in [4.78, 5) is 0. The molecule has 0 amide bonds. The maximum Gasteiger partial charge on any atom is 0.0373 e. The molecule has 0 saturated heterocycles. The van der Waals surface area contributed by atoms with Crippen LogP contribution in [0.4, 0.5) is 5.69 Å². The van der Waals surface area contributed by atoms with Crippen LogP contribution in [0.5, 0.6) is 0 Å². The minimum Gasteiger partial charge on any atom is -0.385 e. The van der Waals surface area contributed by atoms with Crippen LogP contribution in [0, 0.1) is 5.92 Å². The number of nitrogens with one attached hydrogen (secondary N) is 1. The Kier molecular flexibility index (Phi) is 3.30. The van der Waals surface area contributed by atoms with Crippen molar-refractivity contribution in [2.24, 2.45) is 5.92 Å². The molecule has 0 bridgehead atoms. The van der Waals surface area contributed by atoms with Gasteiger partial charge in [-0.05, 0) is 42.4 Å². The normalized spacial score (nSPS) is 19.5. The lowest BCUT2D eigenvalue weighted by atomic mass is 9.89. The van der Waals surface area contributed by atoms with Gasteiger partial charge in [-0.1, -0.05) is 32.4 Å². The monoisotopic (exact) mass is 203 g/mol. The quantitative estimate of drug-likeness (QED) is 0.791. The second-order valence-electron chi connectivity index (χ2n) is 4.58. The van der Waals surface area contributed by atoms with Crippen LogP contribution in [-0.4, -0.2) is 6.54 Å². The summed E-state index contributed by atoms with van der Waals surface area (Å²) >= 11 is 0. The number of aryl methyl sites for hydroxylation is 1. The highest BCUT2D eigenvalue weighted by atomic mass is 14.9. The van der Waals surface area contributed by atoms with Crippen molar-refractivity contribution in [1.82, 2.24) is 0 Å². The molecular weight excluding hydrogens is 182 g/mol. The average Bonchev–Trinajstić information content (AvgIpc) is 2.28. The van der Waals surface area contributed by atoms with Crippen LogP contribution in [0.2, 0.25) is 0 Å². The number of benzene rings is 1. The third-order valence-electron chi connectivity index (χ3n) is 3.36. The van der Waals surface area contributed by atoms with Gasteiger partial charge in [0.2, 0.25) is 0 Å². The Morgan fingerprint density at radius 3 is 2.93 bits per heavy atom. The van der Waals surface area contributed by atoms with Gasteiger partial charge in [0.05, 0.1) is 0 Å². The Hall–Kier alpha value is -0.980. The molecule has 1 unspecified atom stereocenters. The molecule has 1 aromatic rings. The Morgan fingerprint density at radius 1 is 1.33 bits per heavy atom. The van der Waals surface area contributed by atoms with Crippen LogP contribution < -0.4 is 5.32 Å². The van der Waals surface area contributed by atoms with E-state index < -0.39 is 0 Å². The predicted molar refractivity (Wildman–Crippen MR) is 66.4 cm³/mol. The van der Waals surface area contributed by atoms with E-state index in [1.165, 1.54) is 36.1 Å². The molecule has 1 atom stereocenters. The van der Waals surface area contributed by atoms with E-state index >= 15 is 0 Å². The maximum atomic E-state index is 3.55. The van der Waals surface area contributed by atoms with Crippen molar-refractivity contribution < 1.29 is 0 Å². The fraction of sp³-hybridized carbons (Fsp3) is 0.571. The van der Waals surface area contributed by atoms with Gasteiger partial charge in [0, 0.05) is 12.2 Å². The molecule has 1 aliphatic rings. The highest BCUT2D eigenvalue weighted by molar-refractivity contribution is 5.54. The van der Waals surface area contributed by atoms with Gasteiger partial charge in [-0.15, -0.1) is 0 Å². The Morgan fingerprint density at radius 2 is 2.20 bits per heavy atom. The molecule has 2 rings (SSSR count). The molecule has 0 radical (unpaired) electrons. The number of rotatable bonds is 3. The third kappa shape index (κ3) is 2.34. The van der Waals surface area contributed by atoms with Gasteiger partial charge in [-0.25, -0.2) is 0 Å². The van der Waals surface area contributed by atoms with Crippen molar-refractivity contribution in [1.29, 1.82) is 0 Å². The summed E-state index contributed by atoms with van der Waals surface area (Å²) < 4.78 is 0. The van der Waals surface area contributed by atoms with Crippen LogP contribution in [-0.2, 0) is 12.8 Å². The molecule has 15 heavy (non-hydrogen) atoms. The standard InChI is InChI=1S/C14H21N/c1-3-5-12-9-13-8-11(4-2)6-7-14(13)15-10-12/h6-8,12,15H,3-5,9-10H2,1-2H3. The summed E-state index contributed by atoms with van der Waals surface area (Å²) in [5.74, 6) is 0.842. The van der Waals surface area contributed by atoms with Crippen LogP contribution in [0.1, 0.15) is 37.8 Å². The van der Waals surface area contributed by atoms with Crippen molar-refractivity contribution in [3.8, 4) is 0 Å². The molecule has 0 saturated carbocycles. The van der Waals surface area contributed by atoms with E-state index in [4.69, 9.17) is 0 Å². The summed E-state index contributed by atoms with van der Waals surface area (Å²) in [5, 5.41) is 3.55. The summed E-state index contributed by atoms with van der Waals surface area (Å²) in [6, 6.07) is 6.87. The van der Waals surface area contributed by atoms with Crippen LogP contribution in [0.15, 0.2) is 18.2 Å². The van der Waals surface area contributed by atoms with E-state index in [0.29, 0.717) is 0 Å². The molecule has 0 fully saturated rings. The van der Waals surface area contributed by atoms with E-state index in [2.05, 4.69) is 37.4 Å². The first-order valence-corrected chi connectivity index (χ1v) is 6.19. The van der Waals surface area contributed by atoms with Gasteiger partial charge in [-0.3, -0.25) is 0 Å². The van der Waals surface area contributed by atoms with E-state index in [1.54, 1.807) is 0 Å². The minimum absolute atomic E-state index is 0.842. The zero-order valence-electron chi connectivity index (χ0n) is 9.84. The average molecular weight is 203 g/mol. The second kappa shape index (κ2) is 4.69. The second-order valence-corrected chi connectivity index (χ2v) is 4.58. The first-order valence-electron chi connectivity index (χ1n) is 6.19. The van der Waals surface area contributed by atoms with Gasteiger partial charge < -0.3 is 5.32 Å². The van der Waals surface area contributed by atoms with Crippen molar-refractivity contribution in [3.63, 3.8) is 0 Å². The summed E-state index contributed by atoms with van der Waals surface area (Å²) in [7, 11) is 0. The van der Waals surface area contributed by atoms with Crippen molar-refractivity contribution in [2.75, 3.05) is 11.9 Å². The van der Waals surface area contributed by atoms with Gasteiger partial charge in [0.25, 0.3) is 0 Å². The number of hydrogen-bond donors (Lipinski definition) is 1. The number of hydrogen-bond acceptors (Lipinski definition) is 1. The Labute approximate surface area is 92.9 Å². The van der Waals surface area contributed by atoms with Crippen LogP contribution in [0.3, 0.4) is 0 Å². The maximum absolute atomic E-state index is 3.55. The SMILES string of the molecule is CCCC1CNc2ccc(CC)cc2C1. The van der Waals surface area contributed by atoms with E-state index in [9.17, 15) is 0 Å². The summed E-state index contributed by atoms with van der Waals surface area (Å²) in [6.07, 6.45) is 5.06. The van der Waals surface area contributed by atoms with Crippen molar-refractivity contribution in [2.45, 2.75) is 39.5 Å². The molecule has 1 aromatic carbocycles. The number of anilines is 1. The molecular formula is C14H21N. The van der Waals surface area contributed by atoms with Crippen LogP contribution >= 0.6 is 0 Å². The predicted octanol–water partition coefficient (Wildman–Crippen LogP) is 3.63. The fourth-order valence-electron chi connectivity index (χ4n) is 2.46. The zero-order chi connectivity index (χ0) is 10.7. The van der Waals surface area contributed by atoms with E-state index in [1.807, 2.05) is 0 Å². The zero-order valence-corrected chi connectivity index (χ0v) is 9.84. The van der Waals surface area contributed by atoms with Gasteiger partial charge in [-0.2, -0.15) is 0 Å². The minimum atomic E-state index is 0.842. The molecule has 1 heteroatoms. The molecule has 1 N–H and O–H groups in total. The first kappa shape index (κ1) is 10.5. The lowest BCUT2D eigenvalue weighted by Crippen LogP contribution is -2.23. The molecule has 1 heterocycles. The molecule has 1 aliphatic heterocycles. The largest absolute Gasteiger partial charge is 0.385 e.